The summed E-state index contributed by atoms with van der Waals surface area (Å²) in [5, 5.41) is 4.56. The van der Waals surface area contributed by atoms with Crippen molar-refractivity contribution in [3.8, 4) is 0 Å². The third kappa shape index (κ3) is 5.87. The maximum Gasteiger partial charge on any atom is 0.419 e. The minimum Gasteiger partial charge on any atom is -0.383 e. The first-order valence-corrected chi connectivity index (χ1v) is 9.71. The normalized spacial score (nSPS) is 11.8. The Bertz CT molecular complexity index is 1260. The lowest BCUT2D eigenvalue weighted by Crippen LogP contribution is -2.20. The Hall–Kier alpha value is -3.99. The molecule has 3 amide bonds. The predicted molar refractivity (Wildman–Crippen MR) is 117 cm³/mol. The zero-order valence-corrected chi connectivity index (χ0v) is 17.6. The number of amidine groups is 1. The number of alkyl halides is 3. The number of rotatable bonds is 4. The van der Waals surface area contributed by atoms with Crippen molar-refractivity contribution in [2.45, 2.75) is 6.18 Å². The van der Waals surface area contributed by atoms with Gasteiger partial charge in [0.15, 0.2) is 0 Å². The molecule has 0 fully saturated rings. The third-order valence-corrected chi connectivity index (χ3v) is 4.68. The van der Waals surface area contributed by atoms with Crippen molar-refractivity contribution in [1.29, 1.82) is 0 Å². The molecule has 3 aromatic rings. The second-order valence-corrected chi connectivity index (χ2v) is 7.15. The quantitative estimate of drug-likeness (QED) is 0.241. The molecule has 0 aliphatic rings. The smallest absolute Gasteiger partial charge is 0.383 e. The summed E-state index contributed by atoms with van der Waals surface area (Å²) >= 11 is 5.87. The summed E-state index contributed by atoms with van der Waals surface area (Å²) < 4.78 is 65.7. The number of nitrogens with two attached hydrogens (primary N) is 1. The number of hydrogen-bond acceptors (Lipinski definition) is 2. The molecule has 0 radical (unpaired) electrons. The van der Waals surface area contributed by atoms with Crippen LogP contribution >= 0.6 is 11.6 Å². The van der Waals surface area contributed by atoms with Gasteiger partial charge in [-0.15, -0.1) is 0 Å². The lowest BCUT2D eigenvalue weighted by molar-refractivity contribution is -0.139. The first-order valence-electron chi connectivity index (χ1n) is 9.33. The Kier molecular flexibility index (Phi) is 7.16. The Morgan fingerprint density at radius 3 is 2.15 bits per heavy atom. The highest BCUT2D eigenvalue weighted by atomic mass is 35.5. The van der Waals surface area contributed by atoms with Crippen LogP contribution < -0.4 is 16.4 Å². The van der Waals surface area contributed by atoms with Crippen LogP contribution in [0.2, 0.25) is 5.02 Å². The summed E-state index contributed by atoms with van der Waals surface area (Å²) in [6.07, 6.45) is -4.92. The fourth-order valence-corrected chi connectivity index (χ4v) is 3.05. The van der Waals surface area contributed by atoms with Gasteiger partial charge in [-0.05, 0) is 54.6 Å². The molecule has 0 atom stereocenters. The molecule has 0 aromatic heterocycles. The zero-order valence-electron chi connectivity index (χ0n) is 16.9. The van der Waals surface area contributed by atoms with Crippen LogP contribution in [-0.4, -0.2) is 17.8 Å². The summed E-state index contributed by atoms with van der Waals surface area (Å²) in [6.45, 7) is 0. The lowest BCUT2D eigenvalue weighted by Gasteiger charge is -2.11. The Balaban J connectivity index is 1.68. The average molecular weight is 497 g/mol. The van der Waals surface area contributed by atoms with Crippen molar-refractivity contribution >= 4 is 40.7 Å². The van der Waals surface area contributed by atoms with Gasteiger partial charge < -0.3 is 16.4 Å². The number of halogens is 6. The van der Waals surface area contributed by atoms with Crippen molar-refractivity contribution < 1.29 is 31.5 Å². The van der Waals surface area contributed by atoms with Crippen molar-refractivity contribution in [1.82, 2.24) is 0 Å². The van der Waals surface area contributed by atoms with Crippen LogP contribution in [0.4, 0.5) is 38.1 Å². The number of nitrogens with zero attached hydrogens (tertiary/aromatic N) is 1. The molecule has 0 bridgehead atoms. The largest absolute Gasteiger partial charge is 0.419 e. The van der Waals surface area contributed by atoms with E-state index in [0.29, 0.717) is 12.1 Å². The van der Waals surface area contributed by atoms with E-state index >= 15 is 0 Å². The van der Waals surface area contributed by atoms with Gasteiger partial charge in [-0.3, -0.25) is 4.79 Å². The third-order valence-electron chi connectivity index (χ3n) is 4.37. The van der Waals surface area contributed by atoms with Crippen LogP contribution in [0.25, 0.3) is 0 Å². The number of urea groups is 1. The van der Waals surface area contributed by atoms with E-state index < -0.39 is 41.1 Å². The number of aliphatic imine (C=N–C) groups is 1. The highest BCUT2D eigenvalue weighted by Gasteiger charge is 2.34. The molecule has 0 spiro atoms. The van der Waals surface area contributed by atoms with Crippen molar-refractivity contribution in [3.63, 3.8) is 0 Å². The van der Waals surface area contributed by atoms with Gasteiger partial charge in [-0.2, -0.15) is 18.2 Å². The number of anilines is 2. The number of carbonyl (C=O) groups excluding carboxylic acids is 2. The van der Waals surface area contributed by atoms with Gasteiger partial charge in [0.2, 0.25) is 0 Å². The van der Waals surface area contributed by atoms with Crippen LogP contribution in [0.5, 0.6) is 0 Å². The van der Waals surface area contributed by atoms with E-state index in [0.717, 1.165) is 12.1 Å². The molecular weight excluding hydrogens is 483 g/mol. The van der Waals surface area contributed by atoms with E-state index in [1.54, 1.807) is 0 Å². The summed E-state index contributed by atoms with van der Waals surface area (Å²) in [7, 11) is 0. The number of hydrogen-bond donors (Lipinski definition) is 3. The molecule has 0 heterocycles. The first-order chi connectivity index (χ1) is 16.0. The molecule has 0 saturated carbocycles. The standard InChI is InChI=1S/C22H14ClF5N4O2/c23-15-2-1-3-17(25)18(15)19(29)32-21(34)31-12-6-4-11(5-7-12)20(33)30-13-8-9-16(24)14(10-13)22(26,27)28/h1-10H,(H,30,33)(H3,29,31,32,34). The lowest BCUT2D eigenvalue weighted by atomic mass is 10.1. The van der Waals surface area contributed by atoms with Gasteiger partial charge in [-0.1, -0.05) is 17.7 Å². The molecule has 0 aliphatic carbocycles. The summed E-state index contributed by atoms with van der Waals surface area (Å²) in [5.41, 5.74) is 3.88. The van der Waals surface area contributed by atoms with E-state index in [-0.39, 0.29) is 27.5 Å². The van der Waals surface area contributed by atoms with Crippen LogP contribution in [0.1, 0.15) is 21.5 Å². The van der Waals surface area contributed by atoms with Gasteiger partial charge in [0.25, 0.3) is 5.91 Å². The first kappa shape index (κ1) is 24.6. The minimum absolute atomic E-state index is 0.0343. The molecular formula is C22H14ClF5N4O2. The number of benzene rings is 3. The minimum atomic E-state index is -4.92. The van der Waals surface area contributed by atoms with Crippen LogP contribution in [0.3, 0.4) is 0 Å². The Morgan fingerprint density at radius 1 is 0.882 bits per heavy atom. The van der Waals surface area contributed by atoms with Crippen molar-refractivity contribution in [2.24, 2.45) is 10.7 Å². The molecule has 3 rings (SSSR count). The fraction of sp³-hybridized carbons (Fsp3) is 0.0455. The second-order valence-electron chi connectivity index (χ2n) is 6.75. The molecule has 0 aliphatic heterocycles. The van der Waals surface area contributed by atoms with Crippen LogP contribution in [0, 0.1) is 11.6 Å². The molecule has 12 heteroatoms. The molecule has 0 unspecified atom stereocenters. The summed E-state index contributed by atoms with van der Waals surface area (Å²) in [4.78, 5) is 27.9. The van der Waals surface area contributed by atoms with Crippen molar-refractivity contribution in [3.05, 3.63) is 94.0 Å². The van der Waals surface area contributed by atoms with Gasteiger partial charge in [0.1, 0.15) is 17.5 Å². The van der Waals surface area contributed by atoms with E-state index in [4.69, 9.17) is 17.3 Å². The fourth-order valence-electron chi connectivity index (χ4n) is 2.79. The predicted octanol–water partition coefficient (Wildman–Crippen LogP) is 5.83. The highest BCUT2D eigenvalue weighted by molar-refractivity contribution is 6.34. The van der Waals surface area contributed by atoms with E-state index in [1.807, 2.05) is 0 Å². The van der Waals surface area contributed by atoms with Crippen LogP contribution in [0.15, 0.2) is 65.7 Å². The number of nitrogens with one attached hydrogen (secondary N) is 2. The summed E-state index contributed by atoms with van der Waals surface area (Å²) in [6, 6.07) is 10.1. The molecule has 34 heavy (non-hydrogen) atoms. The Morgan fingerprint density at radius 2 is 1.53 bits per heavy atom. The molecule has 0 saturated heterocycles. The maximum atomic E-state index is 13.9. The summed E-state index contributed by atoms with van der Waals surface area (Å²) in [5.74, 6) is -3.45. The highest BCUT2D eigenvalue weighted by Crippen LogP contribution is 2.33. The molecule has 6 nitrogen and oxygen atoms in total. The SMILES string of the molecule is N/C(=N\C(=O)Nc1ccc(C(=O)Nc2ccc(F)c(C(F)(F)F)c2)cc1)c1c(F)cccc1Cl. The Labute approximate surface area is 194 Å². The van der Waals surface area contributed by atoms with Crippen LogP contribution in [-0.2, 0) is 6.18 Å². The van der Waals surface area contributed by atoms with Crippen molar-refractivity contribution in [2.75, 3.05) is 10.6 Å². The van der Waals surface area contributed by atoms with Gasteiger partial charge in [0.05, 0.1) is 16.1 Å². The maximum absolute atomic E-state index is 13.9. The molecule has 176 valence electrons. The zero-order chi connectivity index (χ0) is 25.0. The van der Waals surface area contributed by atoms with Gasteiger partial charge >= 0.3 is 12.2 Å². The van der Waals surface area contributed by atoms with Gasteiger partial charge in [-0.25, -0.2) is 13.6 Å². The second kappa shape index (κ2) is 9.87. The van der Waals surface area contributed by atoms with E-state index in [2.05, 4.69) is 15.6 Å². The molecule has 3 aromatic carbocycles. The number of amides is 3. The van der Waals surface area contributed by atoms with Gasteiger partial charge in [0, 0.05) is 16.9 Å². The molecule has 4 N–H and O–H groups in total. The van der Waals surface area contributed by atoms with E-state index in [1.165, 1.54) is 36.4 Å². The topological polar surface area (TPSA) is 96.6 Å². The van der Waals surface area contributed by atoms with E-state index in [9.17, 15) is 31.5 Å². The average Bonchev–Trinajstić information content (AvgIpc) is 2.74. The monoisotopic (exact) mass is 496 g/mol. The number of carbonyl (C=O) groups is 2.